The molecule has 2 aromatic carbocycles. The van der Waals surface area contributed by atoms with E-state index in [9.17, 15) is 14.7 Å². The number of hydrogen-bond donors (Lipinski definition) is 2. The van der Waals surface area contributed by atoms with Crippen LogP contribution < -0.4 is 0 Å². The molecule has 0 saturated heterocycles. The summed E-state index contributed by atoms with van der Waals surface area (Å²) in [4.78, 5) is 24.5. The molecule has 1 unspecified atom stereocenters. The van der Waals surface area contributed by atoms with Gasteiger partial charge in [0, 0.05) is 11.1 Å². The van der Waals surface area contributed by atoms with Crippen LogP contribution in [0.2, 0.25) is 0 Å². The predicted molar refractivity (Wildman–Crippen MR) is 88.8 cm³/mol. The molecule has 0 fully saturated rings. The first-order valence-electron chi connectivity index (χ1n) is 7.68. The van der Waals surface area contributed by atoms with Gasteiger partial charge in [-0.05, 0) is 18.6 Å². The van der Waals surface area contributed by atoms with Gasteiger partial charge in [0.25, 0.3) is 0 Å². The van der Waals surface area contributed by atoms with Crippen LogP contribution in [0, 0.1) is 0 Å². The maximum absolute atomic E-state index is 12.5. The van der Waals surface area contributed by atoms with Crippen molar-refractivity contribution < 1.29 is 24.5 Å². The highest BCUT2D eigenvalue weighted by Gasteiger charge is 2.19. The molecule has 0 heterocycles. The highest BCUT2D eigenvalue weighted by molar-refractivity contribution is 6.09. The van der Waals surface area contributed by atoms with Gasteiger partial charge in [-0.1, -0.05) is 48.5 Å². The molecule has 2 atom stereocenters. The van der Waals surface area contributed by atoms with E-state index in [1.54, 1.807) is 55.5 Å². The average Bonchev–Trinajstić information content (AvgIpc) is 2.65. The van der Waals surface area contributed by atoms with Crippen LogP contribution in [-0.2, 0) is 9.53 Å². The number of carbonyl (C=O) groups excluding carboxylic acids is 2. The summed E-state index contributed by atoms with van der Waals surface area (Å²) in [5.74, 6) is -1.22. The third kappa shape index (κ3) is 4.50. The van der Waals surface area contributed by atoms with Gasteiger partial charge in [0.1, 0.15) is 12.7 Å². The lowest BCUT2D eigenvalue weighted by molar-refractivity contribution is -0.148. The first kappa shape index (κ1) is 17.8. The van der Waals surface area contributed by atoms with Gasteiger partial charge in [0.2, 0.25) is 0 Å². The van der Waals surface area contributed by atoms with E-state index in [-0.39, 0.29) is 12.4 Å². The van der Waals surface area contributed by atoms with Crippen LogP contribution >= 0.6 is 0 Å². The van der Waals surface area contributed by atoms with Crippen LogP contribution in [0.3, 0.4) is 0 Å². The number of esters is 1. The smallest absolute Gasteiger partial charge is 0.313 e. The van der Waals surface area contributed by atoms with Crippen LogP contribution in [0.4, 0.5) is 0 Å². The second-order valence-corrected chi connectivity index (χ2v) is 5.51. The van der Waals surface area contributed by atoms with Crippen molar-refractivity contribution in [2.45, 2.75) is 18.9 Å². The minimum absolute atomic E-state index is 0.117. The minimum Gasteiger partial charge on any atom is -0.462 e. The van der Waals surface area contributed by atoms with E-state index in [4.69, 9.17) is 9.84 Å². The molecule has 0 bridgehead atoms. The molecule has 5 heteroatoms. The summed E-state index contributed by atoms with van der Waals surface area (Å²) < 4.78 is 4.96. The van der Waals surface area contributed by atoms with Crippen LogP contribution in [0.25, 0.3) is 0 Å². The third-order valence-electron chi connectivity index (χ3n) is 3.67. The Morgan fingerprint density at radius 3 is 2.38 bits per heavy atom. The molecule has 2 aromatic rings. The Balaban J connectivity index is 2.12. The standard InChI is InChI=1S/C19H20O5/c1-13(19(23)24-12-17(21)11-20)15-8-5-9-16(10-15)18(22)14-6-3-2-4-7-14/h2-10,13,17,20-21H,11-12H2,1H3/t13-,17?/m0/s1. The molecular weight excluding hydrogens is 308 g/mol. The molecule has 0 aliphatic rings. The predicted octanol–water partition coefficient (Wildman–Crippen LogP) is 1.92. The molecule has 2 rings (SSSR count). The maximum atomic E-state index is 12.5. The van der Waals surface area contributed by atoms with Crippen molar-refractivity contribution in [3.63, 3.8) is 0 Å². The molecular formula is C19H20O5. The van der Waals surface area contributed by atoms with E-state index in [0.717, 1.165) is 0 Å². The molecule has 0 spiro atoms. The van der Waals surface area contributed by atoms with Crippen molar-refractivity contribution in [3.05, 3.63) is 71.3 Å². The van der Waals surface area contributed by atoms with Crippen molar-refractivity contribution in [2.75, 3.05) is 13.2 Å². The Kier molecular flexibility index (Phi) is 6.23. The van der Waals surface area contributed by atoms with Gasteiger partial charge < -0.3 is 14.9 Å². The van der Waals surface area contributed by atoms with Crippen LogP contribution in [0.1, 0.15) is 34.3 Å². The van der Waals surface area contributed by atoms with E-state index >= 15 is 0 Å². The quantitative estimate of drug-likeness (QED) is 0.599. The molecule has 24 heavy (non-hydrogen) atoms. The minimum atomic E-state index is -1.09. The number of aliphatic hydroxyl groups is 2. The fourth-order valence-electron chi connectivity index (χ4n) is 2.20. The number of rotatable bonds is 7. The summed E-state index contributed by atoms with van der Waals surface area (Å²) in [5.41, 5.74) is 1.73. The second kappa shape index (κ2) is 8.38. The molecule has 126 valence electrons. The Morgan fingerprint density at radius 2 is 1.71 bits per heavy atom. The topological polar surface area (TPSA) is 83.8 Å². The molecule has 0 saturated carbocycles. The number of benzene rings is 2. The number of aliphatic hydroxyl groups excluding tert-OH is 2. The van der Waals surface area contributed by atoms with Crippen molar-refractivity contribution >= 4 is 11.8 Å². The SMILES string of the molecule is C[C@H](C(=O)OCC(O)CO)c1cccc(C(=O)c2ccccc2)c1. The number of hydrogen-bond acceptors (Lipinski definition) is 5. The van der Waals surface area contributed by atoms with E-state index in [2.05, 4.69) is 0 Å². The average molecular weight is 328 g/mol. The van der Waals surface area contributed by atoms with Gasteiger partial charge in [-0.15, -0.1) is 0 Å². The van der Waals surface area contributed by atoms with Crippen molar-refractivity contribution in [1.29, 1.82) is 0 Å². The lowest BCUT2D eigenvalue weighted by Gasteiger charge is -2.14. The molecule has 0 aliphatic heterocycles. The van der Waals surface area contributed by atoms with Gasteiger partial charge in [-0.2, -0.15) is 0 Å². The highest BCUT2D eigenvalue weighted by atomic mass is 16.5. The Morgan fingerprint density at radius 1 is 1.04 bits per heavy atom. The summed E-state index contributed by atoms with van der Waals surface area (Å²) in [6.45, 7) is 0.935. The summed E-state index contributed by atoms with van der Waals surface area (Å²) in [7, 11) is 0. The Bertz CT molecular complexity index is 696. The molecule has 0 amide bonds. The fraction of sp³-hybridized carbons (Fsp3) is 0.263. The van der Waals surface area contributed by atoms with Crippen molar-refractivity contribution in [3.8, 4) is 0 Å². The van der Waals surface area contributed by atoms with Crippen molar-refractivity contribution in [2.24, 2.45) is 0 Å². The maximum Gasteiger partial charge on any atom is 0.313 e. The van der Waals surface area contributed by atoms with Gasteiger partial charge in [0.15, 0.2) is 5.78 Å². The first-order chi connectivity index (χ1) is 11.5. The normalized spacial score (nSPS) is 13.1. The number of ketones is 1. The van der Waals surface area contributed by atoms with Gasteiger partial charge in [-0.25, -0.2) is 0 Å². The molecule has 5 nitrogen and oxygen atoms in total. The lowest BCUT2D eigenvalue weighted by Crippen LogP contribution is -2.24. The van der Waals surface area contributed by atoms with Gasteiger partial charge in [-0.3, -0.25) is 9.59 Å². The van der Waals surface area contributed by atoms with E-state index in [0.29, 0.717) is 16.7 Å². The summed E-state index contributed by atoms with van der Waals surface area (Å²) in [6.07, 6.45) is -1.09. The van der Waals surface area contributed by atoms with Crippen LogP contribution in [-0.4, -0.2) is 41.3 Å². The highest BCUT2D eigenvalue weighted by Crippen LogP contribution is 2.20. The van der Waals surface area contributed by atoms with Crippen molar-refractivity contribution in [1.82, 2.24) is 0 Å². The van der Waals surface area contributed by atoms with Crippen LogP contribution in [0.15, 0.2) is 54.6 Å². The summed E-state index contributed by atoms with van der Waals surface area (Å²) in [6, 6.07) is 15.7. The second-order valence-electron chi connectivity index (χ2n) is 5.51. The first-order valence-corrected chi connectivity index (χ1v) is 7.68. The molecule has 0 radical (unpaired) electrons. The van der Waals surface area contributed by atoms with E-state index < -0.39 is 24.6 Å². The zero-order chi connectivity index (χ0) is 17.5. The monoisotopic (exact) mass is 328 g/mol. The molecule has 0 aliphatic carbocycles. The van der Waals surface area contributed by atoms with E-state index in [1.807, 2.05) is 6.07 Å². The Labute approximate surface area is 140 Å². The van der Waals surface area contributed by atoms with Gasteiger partial charge >= 0.3 is 5.97 Å². The lowest BCUT2D eigenvalue weighted by atomic mass is 9.96. The molecule has 0 aromatic heterocycles. The third-order valence-corrected chi connectivity index (χ3v) is 3.67. The summed E-state index contributed by atoms with van der Waals surface area (Å²) >= 11 is 0. The largest absolute Gasteiger partial charge is 0.462 e. The number of carbonyl (C=O) groups is 2. The zero-order valence-electron chi connectivity index (χ0n) is 13.4. The van der Waals surface area contributed by atoms with Gasteiger partial charge in [0.05, 0.1) is 12.5 Å². The Hall–Kier alpha value is -2.50. The summed E-state index contributed by atoms with van der Waals surface area (Å²) in [5, 5.41) is 18.0. The number of ether oxygens (including phenoxy) is 1. The zero-order valence-corrected chi connectivity index (χ0v) is 13.4. The van der Waals surface area contributed by atoms with E-state index in [1.165, 1.54) is 0 Å². The fourth-order valence-corrected chi connectivity index (χ4v) is 2.20. The van der Waals surface area contributed by atoms with Crippen LogP contribution in [0.5, 0.6) is 0 Å². The molecule has 2 N–H and O–H groups in total.